The number of hydrogen-bond acceptors (Lipinski definition) is 4. The van der Waals surface area contributed by atoms with E-state index in [1.165, 1.54) is 17.0 Å². The van der Waals surface area contributed by atoms with Crippen LogP contribution >= 0.6 is 0 Å². The number of nitrogens with zero attached hydrogens (tertiary/aromatic N) is 2. The molecule has 0 unspecified atom stereocenters. The predicted octanol–water partition coefficient (Wildman–Crippen LogP) is 4.71. The summed E-state index contributed by atoms with van der Waals surface area (Å²) in [5.74, 6) is 0. The third-order valence-electron chi connectivity index (χ3n) is 3.94. The molecule has 0 radical (unpaired) electrons. The lowest BCUT2D eigenvalue weighted by Gasteiger charge is -2.38. The highest BCUT2D eigenvalue weighted by Gasteiger charge is 2.36. The molecule has 1 aliphatic rings. The topological polar surface area (TPSA) is 72.7 Å². The van der Waals surface area contributed by atoms with Gasteiger partial charge in [-0.1, -0.05) is 42.5 Å². The van der Waals surface area contributed by atoms with Crippen molar-refractivity contribution in [3.05, 3.63) is 75.8 Å². The van der Waals surface area contributed by atoms with E-state index < -0.39 is 16.6 Å². The molecular weight excluding hydrogens is 332 g/mol. The van der Waals surface area contributed by atoms with Crippen LogP contribution in [0.1, 0.15) is 31.9 Å². The Balaban J connectivity index is 2.05. The van der Waals surface area contributed by atoms with Crippen molar-refractivity contribution < 1.29 is 14.5 Å². The van der Waals surface area contributed by atoms with Crippen molar-refractivity contribution >= 4 is 23.1 Å². The van der Waals surface area contributed by atoms with E-state index in [1.54, 1.807) is 32.9 Å². The second-order valence-electron chi connectivity index (χ2n) is 7.07. The maximum Gasteiger partial charge on any atom is 0.415 e. The smallest absolute Gasteiger partial charge is 0.415 e. The number of nitro groups is 1. The number of ether oxygens (including phenoxy) is 1. The zero-order valence-electron chi connectivity index (χ0n) is 14.9. The van der Waals surface area contributed by atoms with Gasteiger partial charge in [-0.2, -0.15) is 0 Å². The van der Waals surface area contributed by atoms with E-state index in [-0.39, 0.29) is 5.69 Å². The minimum absolute atomic E-state index is 0.0153. The maximum atomic E-state index is 12.6. The van der Waals surface area contributed by atoms with E-state index >= 15 is 0 Å². The van der Waals surface area contributed by atoms with E-state index in [2.05, 4.69) is 0 Å². The van der Waals surface area contributed by atoms with E-state index in [0.717, 1.165) is 11.1 Å². The Morgan fingerprint density at radius 2 is 1.73 bits per heavy atom. The average molecular weight is 352 g/mol. The van der Waals surface area contributed by atoms with Gasteiger partial charge in [0.05, 0.1) is 17.2 Å². The molecule has 0 saturated heterocycles. The highest BCUT2D eigenvalue weighted by atomic mass is 16.6. The van der Waals surface area contributed by atoms with Gasteiger partial charge in [0.15, 0.2) is 0 Å². The Bertz CT molecular complexity index is 882. The van der Waals surface area contributed by atoms with E-state index in [1.807, 2.05) is 30.3 Å². The number of carbonyl (C=O) groups is 1. The molecule has 0 spiro atoms. The van der Waals surface area contributed by atoms with Crippen molar-refractivity contribution in [3.63, 3.8) is 0 Å². The second kappa shape index (κ2) is 6.63. The molecule has 0 saturated carbocycles. The van der Waals surface area contributed by atoms with Gasteiger partial charge in [0, 0.05) is 23.3 Å². The van der Waals surface area contributed by atoms with E-state index in [9.17, 15) is 14.9 Å². The number of amides is 1. The molecular formula is C20H20N2O4. The molecule has 0 atom stereocenters. The van der Waals surface area contributed by atoms with Gasteiger partial charge in [-0.3, -0.25) is 15.0 Å². The highest BCUT2D eigenvalue weighted by molar-refractivity contribution is 6.03. The van der Waals surface area contributed by atoms with Crippen LogP contribution in [0.2, 0.25) is 0 Å². The first-order valence-corrected chi connectivity index (χ1v) is 8.30. The van der Waals surface area contributed by atoms with Gasteiger partial charge in [0.25, 0.3) is 5.69 Å². The van der Waals surface area contributed by atoms with Crippen LogP contribution in [0.3, 0.4) is 0 Å². The lowest BCUT2D eigenvalue weighted by Crippen LogP contribution is -2.42. The third-order valence-corrected chi connectivity index (χ3v) is 3.94. The Hall–Kier alpha value is -3.15. The number of non-ortho nitro benzene ring substituents is 1. The van der Waals surface area contributed by atoms with Crippen molar-refractivity contribution in [1.82, 2.24) is 4.90 Å². The molecule has 3 rings (SSSR count). The first-order valence-electron chi connectivity index (χ1n) is 8.30. The van der Waals surface area contributed by atoms with Crippen LogP contribution in [-0.2, 0) is 4.74 Å². The summed E-state index contributed by atoms with van der Waals surface area (Å²) >= 11 is 0. The normalized spacial score (nSPS) is 14.0. The van der Waals surface area contributed by atoms with Crippen LogP contribution in [0.4, 0.5) is 10.5 Å². The van der Waals surface area contributed by atoms with Crippen molar-refractivity contribution in [2.45, 2.75) is 26.4 Å². The molecule has 1 aliphatic heterocycles. The molecule has 2 aromatic rings. The van der Waals surface area contributed by atoms with Gasteiger partial charge >= 0.3 is 6.09 Å². The van der Waals surface area contributed by atoms with E-state index in [0.29, 0.717) is 17.8 Å². The van der Waals surface area contributed by atoms with Gasteiger partial charge in [0.2, 0.25) is 0 Å². The average Bonchev–Trinajstić information content (AvgIpc) is 2.53. The van der Waals surface area contributed by atoms with Crippen LogP contribution in [-0.4, -0.2) is 28.1 Å². The number of hydrogen-bond donors (Lipinski definition) is 0. The molecule has 0 fully saturated rings. The molecule has 26 heavy (non-hydrogen) atoms. The van der Waals surface area contributed by atoms with E-state index in [4.69, 9.17) is 4.74 Å². The molecule has 1 amide bonds. The minimum Gasteiger partial charge on any atom is -0.443 e. The SMILES string of the molecule is CC(C)(C)OC(=O)N1CC(c2ccccc2)=C1c1cccc([N+](=O)[O-])c1. The van der Waals surface area contributed by atoms with Crippen LogP contribution in [0.25, 0.3) is 11.3 Å². The number of carbonyl (C=O) groups excluding carboxylic acids is 1. The molecule has 2 aromatic carbocycles. The number of benzene rings is 2. The number of rotatable bonds is 3. The molecule has 6 nitrogen and oxygen atoms in total. The first-order chi connectivity index (χ1) is 12.3. The molecule has 1 heterocycles. The van der Waals surface area contributed by atoms with Crippen LogP contribution in [0.5, 0.6) is 0 Å². The summed E-state index contributed by atoms with van der Waals surface area (Å²) < 4.78 is 5.47. The van der Waals surface area contributed by atoms with Gasteiger partial charge in [-0.25, -0.2) is 4.79 Å². The monoisotopic (exact) mass is 352 g/mol. The molecule has 0 aliphatic carbocycles. The predicted molar refractivity (Wildman–Crippen MR) is 99.3 cm³/mol. The zero-order chi connectivity index (χ0) is 18.9. The van der Waals surface area contributed by atoms with Crippen molar-refractivity contribution in [2.24, 2.45) is 0 Å². The fraction of sp³-hybridized carbons (Fsp3) is 0.250. The highest BCUT2D eigenvalue weighted by Crippen LogP contribution is 2.40. The first kappa shape index (κ1) is 17.7. The van der Waals surface area contributed by atoms with Crippen molar-refractivity contribution in [1.29, 1.82) is 0 Å². The lowest BCUT2D eigenvalue weighted by molar-refractivity contribution is -0.384. The minimum atomic E-state index is -0.618. The Labute approximate surface area is 151 Å². The van der Waals surface area contributed by atoms with Crippen molar-refractivity contribution in [3.8, 4) is 0 Å². The van der Waals surface area contributed by atoms with Crippen LogP contribution < -0.4 is 0 Å². The Morgan fingerprint density at radius 1 is 1.08 bits per heavy atom. The molecule has 0 bridgehead atoms. The van der Waals surface area contributed by atoms with Crippen LogP contribution in [0.15, 0.2) is 54.6 Å². The van der Waals surface area contributed by atoms with Gasteiger partial charge in [-0.05, 0) is 26.3 Å². The molecule has 0 aromatic heterocycles. The summed E-state index contributed by atoms with van der Waals surface area (Å²) in [6.45, 7) is 5.82. The summed E-state index contributed by atoms with van der Waals surface area (Å²) in [5.41, 5.74) is 2.57. The summed E-state index contributed by atoms with van der Waals surface area (Å²) in [6.07, 6.45) is -0.460. The summed E-state index contributed by atoms with van der Waals surface area (Å²) in [5, 5.41) is 11.1. The molecule has 6 heteroatoms. The molecule has 0 N–H and O–H groups in total. The summed E-state index contributed by atoms with van der Waals surface area (Å²) in [7, 11) is 0. The quantitative estimate of drug-likeness (QED) is 0.592. The van der Waals surface area contributed by atoms with Gasteiger partial charge in [0.1, 0.15) is 5.60 Å². The Morgan fingerprint density at radius 3 is 2.35 bits per heavy atom. The summed E-state index contributed by atoms with van der Waals surface area (Å²) in [6, 6.07) is 16.0. The standard InChI is InChI=1S/C20H20N2O4/c1-20(2,3)26-19(23)21-13-17(14-8-5-4-6-9-14)18(21)15-10-7-11-16(12-15)22(24)25/h4-12H,13H2,1-3H3. The van der Waals surface area contributed by atoms with Gasteiger partial charge < -0.3 is 4.74 Å². The third kappa shape index (κ3) is 3.59. The maximum absolute atomic E-state index is 12.6. The number of nitro benzene ring substituents is 1. The fourth-order valence-electron chi connectivity index (χ4n) is 2.82. The van der Waals surface area contributed by atoms with Gasteiger partial charge in [-0.15, -0.1) is 0 Å². The van der Waals surface area contributed by atoms with Crippen LogP contribution in [0, 0.1) is 10.1 Å². The van der Waals surface area contributed by atoms with Crippen molar-refractivity contribution in [2.75, 3.05) is 6.54 Å². The largest absolute Gasteiger partial charge is 0.443 e. The lowest BCUT2D eigenvalue weighted by atomic mass is 9.92. The Kier molecular flexibility index (Phi) is 4.50. The fourth-order valence-corrected chi connectivity index (χ4v) is 2.82. The second-order valence-corrected chi connectivity index (χ2v) is 7.07. The zero-order valence-corrected chi connectivity index (χ0v) is 14.9. The molecule has 134 valence electrons. The summed E-state index contributed by atoms with van der Waals surface area (Å²) in [4.78, 5) is 24.8.